The monoisotopic (exact) mass is 855 g/mol. The highest BCUT2D eigenvalue weighted by molar-refractivity contribution is 7.91. The number of hydrogen-bond donors (Lipinski definition) is 6. The third-order valence-corrected chi connectivity index (χ3v) is 11.6. The summed E-state index contributed by atoms with van der Waals surface area (Å²) in [6.45, 7) is 1.68. The maximum absolute atomic E-state index is 13.0. The van der Waals surface area contributed by atoms with Crippen molar-refractivity contribution in [3.8, 4) is 0 Å². The van der Waals surface area contributed by atoms with E-state index >= 15 is 0 Å². The zero-order chi connectivity index (χ0) is 41.7. The molecule has 6 rings (SSSR count). The molecule has 0 saturated heterocycles. The number of allylic oxidation sites excluding steroid dienone is 1. The molecule has 5 aromatic carbocycles. The molecule has 0 aromatic heterocycles. The highest BCUT2D eigenvalue weighted by Crippen LogP contribution is 2.32. The lowest BCUT2D eigenvalue weighted by Gasteiger charge is -2.17. The van der Waals surface area contributed by atoms with E-state index in [4.69, 9.17) is 0 Å². The van der Waals surface area contributed by atoms with Gasteiger partial charge in [-0.15, -0.1) is 0 Å². The van der Waals surface area contributed by atoms with E-state index in [0.717, 1.165) is 30.3 Å². The van der Waals surface area contributed by atoms with Gasteiger partial charge >= 0.3 is 0 Å². The van der Waals surface area contributed by atoms with Crippen molar-refractivity contribution in [2.45, 2.75) is 21.6 Å². The van der Waals surface area contributed by atoms with E-state index in [1.807, 2.05) is 0 Å². The molecule has 0 bridgehead atoms. The van der Waals surface area contributed by atoms with E-state index in [9.17, 15) is 61.5 Å². The minimum Gasteiger partial charge on any atom is -0.322 e. The van der Waals surface area contributed by atoms with Gasteiger partial charge in [-0.05, 0) is 108 Å². The number of ketones is 1. The summed E-state index contributed by atoms with van der Waals surface area (Å²) >= 11 is 0. The van der Waals surface area contributed by atoms with Crippen molar-refractivity contribution in [2.75, 3.05) is 10.7 Å². The molecule has 0 saturated carbocycles. The van der Waals surface area contributed by atoms with Crippen LogP contribution in [0.5, 0.6) is 0 Å². The van der Waals surface area contributed by atoms with E-state index in [-0.39, 0.29) is 38.8 Å². The van der Waals surface area contributed by atoms with E-state index < -0.39 is 77.5 Å². The number of nitrogens with one attached hydrogen (secondary N) is 2. The predicted molar refractivity (Wildman–Crippen MR) is 204 cm³/mol. The van der Waals surface area contributed by atoms with Gasteiger partial charge in [-0.25, -0.2) is 0 Å². The summed E-state index contributed by atoms with van der Waals surface area (Å²) in [5.41, 5.74) is 3.77. The van der Waals surface area contributed by atoms with Gasteiger partial charge in [-0.1, -0.05) is 12.1 Å². The summed E-state index contributed by atoms with van der Waals surface area (Å²) < 4.78 is 132. The van der Waals surface area contributed by atoms with Crippen LogP contribution >= 0.6 is 0 Å². The first-order chi connectivity index (χ1) is 26.5. The number of hydrazone groups is 1. The van der Waals surface area contributed by atoms with Crippen molar-refractivity contribution >= 4 is 97.5 Å². The quantitative estimate of drug-likeness (QED) is 0.0599. The fraction of sp³-hybridized carbons (Fsp3) is 0.0294. The Kier molecular flexibility index (Phi) is 10.5. The zero-order valence-corrected chi connectivity index (χ0v) is 31.8. The van der Waals surface area contributed by atoms with Crippen LogP contribution in [0.2, 0.25) is 0 Å². The van der Waals surface area contributed by atoms with Crippen LogP contribution in [0, 0.1) is 6.92 Å². The van der Waals surface area contributed by atoms with E-state index in [0.29, 0.717) is 23.0 Å². The van der Waals surface area contributed by atoms with Crippen LogP contribution in [0.15, 0.2) is 126 Å². The molecule has 19 nitrogen and oxygen atoms in total. The Morgan fingerprint density at radius 1 is 0.649 bits per heavy atom. The van der Waals surface area contributed by atoms with Crippen LogP contribution in [-0.2, 0) is 45.3 Å². The Labute approximate surface area is 323 Å². The number of Topliss-reactive ketones (excluding diaryl/α,β-unsaturated/α-hetero) is 1. The van der Waals surface area contributed by atoms with Gasteiger partial charge in [0.2, 0.25) is 5.78 Å². The SMILES string of the molecule is Cc1cc(NC(=O)c2ccc(N/N=C3\C(=O)C(S(=O)(=O)O)=Cc4cc(S(=O)(=O)O)ccc43)cc2)ccc1N=Nc1ccc2cc(S(=O)(=O)O)cc(S(=O)(=O)O)c2c1. The third-order valence-electron chi connectivity index (χ3n) is 8.20. The fourth-order valence-electron chi connectivity index (χ4n) is 5.47. The number of azo groups is 1. The number of benzene rings is 5. The van der Waals surface area contributed by atoms with E-state index in [2.05, 4.69) is 26.1 Å². The zero-order valence-electron chi connectivity index (χ0n) is 28.6. The van der Waals surface area contributed by atoms with Crippen LogP contribution < -0.4 is 10.7 Å². The van der Waals surface area contributed by atoms with Crippen LogP contribution in [0.25, 0.3) is 16.8 Å². The topological polar surface area (TPSA) is 313 Å². The molecule has 1 aliphatic rings. The van der Waals surface area contributed by atoms with Crippen molar-refractivity contribution in [3.05, 3.63) is 118 Å². The van der Waals surface area contributed by atoms with Gasteiger partial charge in [0, 0.05) is 22.2 Å². The normalized spacial score (nSPS) is 14.4. The summed E-state index contributed by atoms with van der Waals surface area (Å²) in [6, 6.07) is 19.0. The third kappa shape index (κ3) is 9.00. The van der Waals surface area contributed by atoms with Gasteiger partial charge in [0.25, 0.3) is 46.4 Å². The summed E-state index contributed by atoms with van der Waals surface area (Å²) in [5.74, 6) is -1.73. The Hall–Kier alpha value is -6.05. The molecule has 0 spiro atoms. The lowest BCUT2D eigenvalue weighted by Crippen LogP contribution is -2.27. The number of nitrogens with zero attached hydrogens (tertiary/aromatic N) is 3. The molecule has 0 atom stereocenters. The molecule has 1 aliphatic carbocycles. The van der Waals surface area contributed by atoms with Crippen molar-refractivity contribution in [1.29, 1.82) is 0 Å². The summed E-state index contributed by atoms with van der Waals surface area (Å²) in [6.07, 6.45) is 0.751. The summed E-state index contributed by atoms with van der Waals surface area (Å²) in [7, 11) is -19.5. The first-order valence-electron chi connectivity index (χ1n) is 15.7. The van der Waals surface area contributed by atoms with Gasteiger partial charge in [-0.3, -0.25) is 33.2 Å². The molecule has 294 valence electrons. The maximum Gasteiger partial charge on any atom is 0.298 e. The van der Waals surface area contributed by atoms with Crippen LogP contribution in [-0.4, -0.2) is 69.3 Å². The van der Waals surface area contributed by atoms with Crippen molar-refractivity contribution in [2.24, 2.45) is 15.3 Å². The largest absolute Gasteiger partial charge is 0.322 e. The minimum atomic E-state index is -5.07. The Morgan fingerprint density at radius 3 is 1.93 bits per heavy atom. The second-order valence-electron chi connectivity index (χ2n) is 12.1. The van der Waals surface area contributed by atoms with Gasteiger partial charge in [0.15, 0.2) is 0 Å². The molecule has 5 aromatic rings. The smallest absolute Gasteiger partial charge is 0.298 e. The second kappa shape index (κ2) is 14.8. The molecular weight excluding hydrogens is 831 g/mol. The van der Waals surface area contributed by atoms with E-state index in [1.165, 1.54) is 48.5 Å². The minimum absolute atomic E-state index is 0.00631. The lowest BCUT2D eigenvalue weighted by molar-refractivity contribution is -0.109. The molecule has 57 heavy (non-hydrogen) atoms. The molecular formula is C34H25N5O14S4. The van der Waals surface area contributed by atoms with Gasteiger partial charge < -0.3 is 5.32 Å². The van der Waals surface area contributed by atoms with Crippen LogP contribution in [0.4, 0.5) is 22.7 Å². The van der Waals surface area contributed by atoms with E-state index in [1.54, 1.807) is 19.1 Å². The highest BCUT2D eigenvalue weighted by Gasteiger charge is 2.34. The Bertz CT molecular complexity index is 3110. The van der Waals surface area contributed by atoms with Gasteiger partial charge in [0.05, 0.1) is 26.9 Å². The molecule has 0 heterocycles. The first kappa shape index (κ1) is 40.6. The van der Waals surface area contributed by atoms with Crippen LogP contribution in [0.3, 0.4) is 0 Å². The lowest BCUT2D eigenvalue weighted by atomic mass is 9.94. The summed E-state index contributed by atoms with van der Waals surface area (Å²) in [4.78, 5) is 22.8. The number of amides is 1. The molecule has 6 N–H and O–H groups in total. The average Bonchev–Trinajstić information content (AvgIpc) is 3.11. The van der Waals surface area contributed by atoms with Crippen molar-refractivity contribution in [1.82, 2.24) is 0 Å². The van der Waals surface area contributed by atoms with Crippen molar-refractivity contribution in [3.63, 3.8) is 0 Å². The maximum atomic E-state index is 13.0. The van der Waals surface area contributed by atoms with Gasteiger partial charge in [-0.2, -0.15) is 49.0 Å². The number of hydrogen-bond acceptors (Lipinski definition) is 14. The van der Waals surface area contributed by atoms with Gasteiger partial charge in [0.1, 0.15) is 15.5 Å². The standard InChI is InChI=1S/C34H25N5O14S4/c1-18-12-23(8-11-29(18)38-37-24-7-4-20-13-26(55(45,46)47)17-30(28(20)16-24)56(48,49)50)35-34(41)19-2-5-22(6-3-19)36-39-32-27-10-9-25(54(42,43)44)14-21(27)15-31(33(32)40)57(51,52)53/h2-17,36H,1H3,(H,35,41)(H,42,43,44)(H,45,46,47)(H,48,49,50)(H,51,52,53)/b38-37?,39-32-. The number of fused-ring (bicyclic) bond motifs is 2. The average molecular weight is 856 g/mol. The fourth-order valence-corrected chi connectivity index (χ4v) is 7.94. The second-order valence-corrected chi connectivity index (χ2v) is 17.7. The molecule has 0 radical (unpaired) electrons. The molecule has 0 fully saturated rings. The molecule has 1 amide bonds. The molecule has 23 heteroatoms. The first-order valence-corrected chi connectivity index (χ1v) is 21.4. The number of anilines is 2. The van der Waals surface area contributed by atoms with Crippen molar-refractivity contribution < 1.29 is 61.5 Å². The Balaban J connectivity index is 1.16. The molecule has 0 aliphatic heterocycles. The van der Waals surface area contributed by atoms with Crippen LogP contribution in [0.1, 0.15) is 27.0 Å². The predicted octanol–water partition coefficient (Wildman–Crippen LogP) is 5.18. The number of carbonyl (C=O) groups is 2. The number of aryl methyl sites for hydroxylation is 1. The molecule has 0 unspecified atom stereocenters. The number of rotatable bonds is 10. The Morgan fingerprint density at radius 2 is 1.32 bits per heavy atom. The summed E-state index contributed by atoms with van der Waals surface area (Å²) in [5, 5.41) is 15.0. The number of carbonyl (C=O) groups excluding carboxylic acids is 2. The highest BCUT2D eigenvalue weighted by atomic mass is 32.2.